The average Bonchev–Trinajstić information content (AvgIpc) is 2.41. The Hall–Kier alpha value is -0.910. The molecule has 0 aliphatic heterocycles. The summed E-state index contributed by atoms with van der Waals surface area (Å²) in [6.07, 6.45) is -9.92. The van der Waals surface area contributed by atoms with Gasteiger partial charge in [-0.3, -0.25) is 0 Å². The Kier molecular flexibility index (Phi) is 6.76. The predicted molar refractivity (Wildman–Crippen MR) is 59.5 cm³/mol. The van der Waals surface area contributed by atoms with Gasteiger partial charge in [0, 0.05) is 6.42 Å². The summed E-state index contributed by atoms with van der Waals surface area (Å²) < 4.78 is 166. The summed E-state index contributed by atoms with van der Waals surface area (Å²) in [5, 5.41) is 0. The van der Waals surface area contributed by atoms with E-state index in [0.717, 1.165) is 0 Å². The zero-order valence-corrected chi connectivity index (χ0v) is 12.4. The van der Waals surface area contributed by atoms with Crippen LogP contribution in [0.25, 0.3) is 0 Å². The van der Waals surface area contributed by atoms with E-state index in [4.69, 9.17) is 0 Å². The van der Waals surface area contributed by atoms with E-state index in [1.807, 2.05) is 0 Å². The van der Waals surface area contributed by atoms with Crippen molar-refractivity contribution in [1.29, 1.82) is 0 Å². The zero-order valence-electron chi connectivity index (χ0n) is 12.4. The molecule has 0 radical (unpaired) electrons. The van der Waals surface area contributed by atoms with Crippen molar-refractivity contribution in [1.82, 2.24) is 0 Å². The van der Waals surface area contributed by atoms with Gasteiger partial charge in [0.15, 0.2) is 0 Å². The quantitative estimate of drug-likeness (QED) is 0.297. The number of unbranched alkanes of at least 4 members (excludes halogenated alkanes) is 3. The first-order valence-electron chi connectivity index (χ1n) is 6.77. The van der Waals surface area contributed by atoms with Crippen molar-refractivity contribution in [2.75, 3.05) is 0 Å². The number of hydrogen-bond donors (Lipinski definition) is 0. The van der Waals surface area contributed by atoms with Crippen LogP contribution in [0.1, 0.15) is 39.0 Å². The van der Waals surface area contributed by atoms with Crippen molar-refractivity contribution in [3.05, 3.63) is 0 Å². The van der Waals surface area contributed by atoms with Crippen LogP contribution in [0.2, 0.25) is 0 Å². The summed E-state index contributed by atoms with van der Waals surface area (Å²) in [6.45, 7) is 1.56. The lowest BCUT2D eigenvalue weighted by Gasteiger charge is -2.39. The third-order valence-electron chi connectivity index (χ3n) is 3.34. The van der Waals surface area contributed by atoms with Crippen LogP contribution < -0.4 is 0 Å². The molecule has 0 aromatic heterocycles. The van der Waals surface area contributed by atoms with Gasteiger partial charge in [0.1, 0.15) is 0 Å². The lowest BCUT2D eigenvalue weighted by molar-refractivity contribution is -0.440. The van der Waals surface area contributed by atoms with E-state index in [2.05, 4.69) is 0 Å². The highest BCUT2D eigenvalue weighted by atomic mass is 19.4. The third-order valence-corrected chi connectivity index (χ3v) is 3.34. The van der Waals surface area contributed by atoms with E-state index >= 15 is 0 Å². The van der Waals surface area contributed by atoms with Crippen LogP contribution in [-0.4, -0.2) is 35.8 Å². The highest BCUT2D eigenvalue weighted by Crippen LogP contribution is 2.60. The maximum Gasteiger partial charge on any atom is 0.460 e. The average molecular weight is 404 g/mol. The summed E-state index contributed by atoms with van der Waals surface area (Å²) in [4.78, 5) is 0. The van der Waals surface area contributed by atoms with Gasteiger partial charge in [-0.2, -0.15) is 57.1 Å². The normalized spacial score (nSPS) is 15.6. The summed E-state index contributed by atoms with van der Waals surface area (Å²) in [7, 11) is 0. The van der Waals surface area contributed by atoms with Crippen molar-refractivity contribution in [2.24, 2.45) is 0 Å². The molecule has 0 rings (SSSR count). The molecule has 0 nitrogen and oxygen atoms in total. The van der Waals surface area contributed by atoms with Gasteiger partial charge >= 0.3 is 35.8 Å². The molecule has 0 N–H and O–H groups in total. The highest BCUT2D eigenvalue weighted by Gasteiger charge is 2.90. The standard InChI is InChI=1S/C12H13F13/c1-2-3-4-5-6-7(13,14)8(15,16)9(17,18)10(19,20)11(21,22)12(23,24)25/h2-6H2,1H3. The highest BCUT2D eigenvalue weighted by molar-refractivity contribution is 5.10. The molecular weight excluding hydrogens is 391 g/mol. The Morgan fingerprint density at radius 3 is 1.24 bits per heavy atom. The summed E-state index contributed by atoms with van der Waals surface area (Å²) in [6, 6.07) is 0. The molecule has 0 spiro atoms. The second kappa shape index (κ2) is 7.01. The van der Waals surface area contributed by atoms with Crippen LogP contribution in [0.15, 0.2) is 0 Å². The Labute approximate surface area is 133 Å². The van der Waals surface area contributed by atoms with Crippen LogP contribution in [0, 0.1) is 0 Å². The van der Waals surface area contributed by atoms with Crippen molar-refractivity contribution >= 4 is 0 Å². The molecule has 0 heterocycles. The van der Waals surface area contributed by atoms with Gasteiger partial charge in [-0.05, 0) is 6.42 Å². The van der Waals surface area contributed by atoms with Crippen molar-refractivity contribution in [3.8, 4) is 0 Å². The smallest absolute Gasteiger partial charge is 0.200 e. The SMILES string of the molecule is CCCCCCC(F)(F)C(F)(F)C(F)(F)C(F)(F)C(F)(F)C(F)(F)F. The molecule has 0 fully saturated rings. The van der Waals surface area contributed by atoms with E-state index in [0.29, 0.717) is 6.42 Å². The zero-order chi connectivity index (χ0) is 20.5. The molecule has 0 saturated carbocycles. The fourth-order valence-electron chi connectivity index (χ4n) is 1.73. The minimum atomic E-state index is -7.81. The molecule has 0 aliphatic rings. The van der Waals surface area contributed by atoms with Crippen molar-refractivity contribution in [2.45, 2.75) is 74.8 Å². The van der Waals surface area contributed by atoms with Gasteiger partial charge < -0.3 is 0 Å². The number of rotatable bonds is 9. The molecular formula is C12H13F13. The lowest BCUT2D eigenvalue weighted by Crippen LogP contribution is -2.70. The first-order valence-corrected chi connectivity index (χ1v) is 6.77. The maximum atomic E-state index is 13.3. The monoisotopic (exact) mass is 404 g/mol. The van der Waals surface area contributed by atoms with Crippen LogP contribution in [0.4, 0.5) is 57.1 Å². The molecule has 0 atom stereocenters. The molecule has 0 saturated heterocycles. The van der Waals surface area contributed by atoms with Gasteiger partial charge in [-0.1, -0.05) is 26.2 Å². The largest absolute Gasteiger partial charge is 0.460 e. The Morgan fingerprint density at radius 2 is 0.880 bits per heavy atom. The third kappa shape index (κ3) is 3.93. The molecule has 0 unspecified atom stereocenters. The molecule has 152 valence electrons. The lowest BCUT2D eigenvalue weighted by atomic mass is 9.91. The van der Waals surface area contributed by atoms with E-state index in [9.17, 15) is 57.1 Å². The summed E-state index contributed by atoms with van der Waals surface area (Å²) in [5.74, 6) is -36.2. The molecule has 0 amide bonds. The Morgan fingerprint density at radius 1 is 0.480 bits per heavy atom. The topological polar surface area (TPSA) is 0 Å². The number of alkyl halides is 13. The van der Waals surface area contributed by atoms with Gasteiger partial charge in [-0.25, -0.2) is 0 Å². The molecule has 0 aromatic carbocycles. The van der Waals surface area contributed by atoms with E-state index in [1.165, 1.54) is 0 Å². The minimum Gasteiger partial charge on any atom is -0.200 e. The second-order valence-electron chi connectivity index (χ2n) is 5.31. The van der Waals surface area contributed by atoms with Crippen LogP contribution in [-0.2, 0) is 0 Å². The Balaban J connectivity index is 5.79. The van der Waals surface area contributed by atoms with E-state index < -0.39 is 48.6 Å². The van der Waals surface area contributed by atoms with E-state index in [-0.39, 0.29) is 12.8 Å². The minimum absolute atomic E-state index is 0.192. The van der Waals surface area contributed by atoms with Crippen molar-refractivity contribution < 1.29 is 57.1 Å². The van der Waals surface area contributed by atoms with E-state index in [1.54, 1.807) is 6.92 Å². The van der Waals surface area contributed by atoms with Crippen LogP contribution in [0.5, 0.6) is 0 Å². The van der Waals surface area contributed by atoms with Gasteiger partial charge in [0.2, 0.25) is 0 Å². The van der Waals surface area contributed by atoms with Gasteiger partial charge in [0.25, 0.3) is 0 Å². The summed E-state index contributed by atoms with van der Waals surface area (Å²) in [5.41, 5.74) is 0. The first-order chi connectivity index (χ1) is 10.8. The first kappa shape index (κ1) is 24.1. The number of hydrogen-bond acceptors (Lipinski definition) is 0. The Bertz CT molecular complexity index is 435. The predicted octanol–water partition coefficient (Wildman–Crippen LogP) is 6.70. The fourth-order valence-corrected chi connectivity index (χ4v) is 1.73. The number of halogens is 13. The fraction of sp³-hybridized carbons (Fsp3) is 1.00. The maximum absolute atomic E-state index is 13.3. The molecule has 0 aromatic rings. The molecule has 0 bridgehead atoms. The molecule has 13 heteroatoms. The molecule has 0 aliphatic carbocycles. The van der Waals surface area contributed by atoms with Crippen LogP contribution >= 0.6 is 0 Å². The van der Waals surface area contributed by atoms with Crippen LogP contribution in [0.3, 0.4) is 0 Å². The molecule has 25 heavy (non-hydrogen) atoms. The van der Waals surface area contributed by atoms with Gasteiger partial charge in [-0.15, -0.1) is 0 Å². The summed E-state index contributed by atoms with van der Waals surface area (Å²) >= 11 is 0. The second-order valence-corrected chi connectivity index (χ2v) is 5.31. The van der Waals surface area contributed by atoms with Crippen molar-refractivity contribution in [3.63, 3.8) is 0 Å². The van der Waals surface area contributed by atoms with Gasteiger partial charge in [0.05, 0.1) is 0 Å².